The van der Waals surface area contributed by atoms with Crippen molar-refractivity contribution in [3.63, 3.8) is 0 Å². The molecule has 3 aromatic rings. The zero-order valence-electron chi connectivity index (χ0n) is 18.8. The Balaban J connectivity index is 0.000000260. The maximum Gasteiger partial charge on any atom is 0.201 e. The average molecular weight is 490 g/mol. The molecule has 11 nitrogen and oxygen atoms in total. The second-order valence-electron chi connectivity index (χ2n) is 7.39. The Bertz CT molecular complexity index is 1170. The zero-order valence-corrected chi connectivity index (χ0v) is 18.8. The summed E-state index contributed by atoms with van der Waals surface area (Å²) in [6.45, 7) is 0. The molecule has 188 valence electrons. The van der Waals surface area contributed by atoms with Crippen LogP contribution in [-0.4, -0.2) is 61.4 Å². The molecule has 0 amide bonds. The van der Waals surface area contributed by atoms with E-state index in [1.165, 1.54) is 30.3 Å². The van der Waals surface area contributed by atoms with Crippen LogP contribution in [0.5, 0.6) is 51.7 Å². The van der Waals surface area contributed by atoms with Gasteiger partial charge in [-0.05, 0) is 42.7 Å². The quantitative estimate of drug-likeness (QED) is 0.194. The number of hydrogen-bond donors (Lipinski definition) is 8. The van der Waals surface area contributed by atoms with Gasteiger partial charge in [0.25, 0.3) is 0 Å². The van der Waals surface area contributed by atoms with Gasteiger partial charge in [-0.2, -0.15) is 0 Å². The summed E-state index contributed by atoms with van der Waals surface area (Å²) in [6.07, 6.45) is 0.967. The highest BCUT2D eigenvalue weighted by Crippen LogP contribution is 2.44. The van der Waals surface area contributed by atoms with Gasteiger partial charge in [0.15, 0.2) is 35.0 Å². The molecule has 8 N–H and O–H groups in total. The number of carbonyl (C=O) groups excluding carboxylic acids is 1. The van der Waals surface area contributed by atoms with E-state index >= 15 is 0 Å². The summed E-state index contributed by atoms with van der Waals surface area (Å²) in [4.78, 5) is 10.1. The number of benzene rings is 3. The smallest absolute Gasteiger partial charge is 0.201 e. The van der Waals surface area contributed by atoms with Crippen LogP contribution in [0, 0.1) is 0 Å². The molecule has 0 unspecified atom stereocenters. The van der Waals surface area contributed by atoms with Crippen molar-refractivity contribution in [2.45, 2.75) is 18.9 Å². The lowest BCUT2D eigenvalue weighted by Gasteiger charge is -2.27. The number of carbonyl (C=O) groups is 1. The Labute approximate surface area is 199 Å². The maximum atomic E-state index is 10.1. The molecule has 1 aliphatic heterocycles. The molecule has 1 heterocycles. The average Bonchev–Trinajstić information content (AvgIpc) is 2.81. The molecule has 1 atom stereocenters. The zero-order chi connectivity index (χ0) is 26.3. The van der Waals surface area contributed by atoms with Crippen LogP contribution in [0.3, 0.4) is 0 Å². The van der Waals surface area contributed by atoms with Crippen LogP contribution in [0.1, 0.15) is 34.0 Å². The van der Waals surface area contributed by atoms with E-state index in [0.29, 0.717) is 36.0 Å². The van der Waals surface area contributed by atoms with E-state index in [1.807, 2.05) is 0 Å². The Hall–Kier alpha value is -4.51. The minimum Gasteiger partial charge on any atom is -0.508 e. The van der Waals surface area contributed by atoms with Crippen LogP contribution in [-0.2, 0) is 11.2 Å². The van der Waals surface area contributed by atoms with Crippen LogP contribution in [0.25, 0.3) is 0 Å². The van der Waals surface area contributed by atoms with Gasteiger partial charge in [-0.1, -0.05) is 0 Å². The van der Waals surface area contributed by atoms with Crippen molar-refractivity contribution < 1.29 is 55.1 Å². The molecule has 0 saturated heterocycles. The third-order valence-corrected chi connectivity index (χ3v) is 4.85. The summed E-state index contributed by atoms with van der Waals surface area (Å²) in [5, 5.41) is 74.3. The van der Waals surface area contributed by atoms with E-state index in [-0.39, 0.29) is 17.1 Å². The summed E-state index contributed by atoms with van der Waals surface area (Å²) < 4.78 is 9.96. The molecular weight excluding hydrogens is 464 g/mol. The predicted molar refractivity (Wildman–Crippen MR) is 123 cm³/mol. The fraction of sp³-hybridized carbons (Fsp3) is 0.208. The minimum atomic E-state index is -0.672. The number of fused-ring (bicyclic) bond motifs is 1. The first kappa shape index (κ1) is 26.7. The first-order valence-corrected chi connectivity index (χ1v) is 10.1. The molecule has 0 bridgehead atoms. The van der Waals surface area contributed by atoms with Crippen LogP contribution >= 0.6 is 0 Å². The van der Waals surface area contributed by atoms with Crippen molar-refractivity contribution in [2.75, 3.05) is 14.2 Å². The number of rotatable bonds is 2. The Kier molecular flexibility index (Phi) is 8.84. The van der Waals surface area contributed by atoms with Crippen LogP contribution in [0.4, 0.5) is 0 Å². The van der Waals surface area contributed by atoms with Crippen LogP contribution in [0.15, 0.2) is 36.4 Å². The SMILES string of the molecule is COC.O=Cc1ccc(O)c(O)c1O.Oc1cc(O)c2c(c1)O[C@H](c1cc(O)c(O)c(O)c1)CC2. The van der Waals surface area contributed by atoms with Gasteiger partial charge in [0, 0.05) is 31.9 Å². The Morgan fingerprint density at radius 3 is 1.97 bits per heavy atom. The van der Waals surface area contributed by atoms with Crippen LogP contribution in [0.2, 0.25) is 0 Å². The molecule has 1 aliphatic rings. The molecule has 4 rings (SSSR count). The van der Waals surface area contributed by atoms with Crippen LogP contribution < -0.4 is 4.74 Å². The van der Waals surface area contributed by atoms with Crippen molar-refractivity contribution in [2.24, 2.45) is 0 Å². The number of phenolic OH excluding ortho intramolecular Hbond substituents is 8. The fourth-order valence-electron chi connectivity index (χ4n) is 3.19. The summed E-state index contributed by atoms with van der Waals surface area (Å²) >= 11 is 0. The lowest BCUT2D eigenvalue weighted by atomic mass is 9.96. The molecule has 0 radical (unpaired) electrons. The van der Waals surface area contributed by atoms with Gasteiger partial charge in [-0.3, -0.25) is 4.79 Å². The second kappa shape index (κ2) is 11.6. The normalized spacial score (nSPS) is 13.7. The minimum absolute atomic E-state index is 0.0279. The van der Waals surface area contributed by atoms with E-state index in [9.17, 15) is 30.3 Å². The van der Waals surface area contributed by atoms with E-state index in [2.05, 4.69) is 4.74 Å². The molecule has 35 heavy (non-hydrogen) atoms. The topological polar surface area (TPSA) is 197 Å². The monoisotopic (exact) mass is 490 g/mol. The molecule has 0 aliphatic carbocycles. The first-order chi connectivity index (χ1) is 16.5. The van der Waals surface area contributed by atoms with Gasteiger partial charge < -0.3 is 50.3 Å². The highest BCUT2D eigenvalue weighted by molar-refractivity contribution is 5.81. The highest BCUT2D eigenvalue weighted by Gasteiger charge is 2.26. The number of aromatic hydroxyl groups is 8. The fourth-order valence-corrected chi connectivity index (χ4v) is 3.19. The third-order valence-electron chi connectivity index (χ3n) is 4.85. The van der Waals surface area contributed by atoms with Crippen molar-refractivity contribution in [1.29, 1.82) is 0 Å². The van der Waals surface area contributed by atoms with E-state index < -0.39 is 40.6 Å². The van der Waals surface area contributed by atoms with E-state index in [4.69, 9.17) is 20.1 Å². The number of aldehydes is 1. The van der Waals surface area contributed by atoms with Gasteiger partial charge in [-0.25, -0.2) is 0 Å². The summed E-state index contributed by atoms with van der Waals surface area (Å²) in [5.41, 5.74) is 1.05. The number of methoxy groups -OCH3 is 1. The lowest BCUT2D eigenvalue weighted by Crippen LogP contribution is -2.15. The summed E-state index contributed by atoms with van der Waals surface area (Å²) in [6, 6.07) is 7.61. The molecular formula is C24H26O11. The standard InChI is InChI=1S/C15H14O6.C7H6O4.C2H6O/c16-8-5-10(17)9-1-2-13(21-14(9)6-8)7-3-11(18)15(20)12(19)4-7;8-3-4-1-2-5(9)7(11)6(4)10;1-3-2/h3-6,13,16-20H,1-2H2;1-3,9-11H;1-2H3/t13-;;/m0../s1. The highest BCUT2D eigenvalue weighted by atomic mass is 16.5. The second-order valence-corrected chi connectivity index (χ2v) is 7.39. The predicted octanol–water partition coefficient (Wildman–Crippen LogP) is 3.16. The molecule has 0 aromatic heterocycles. The van der Waals surface area contributed by atoms with E-state index in [1.54, 1.807) is 14.2 Å². The largest absolute Gasteiger partial charge is 0.508 e. The Morgan fingerprint density at radius 2 is 1.40 bits per heavy atom. The van der Waals surface area contributed by atoms with E-state index in [0.717, 1.165) is 6.07 Å². The maximum absolute atomic E-state index is 10.1. The van der Waals surface area contributed by atoms with Crippen molar-refractivity contribution in [3.05, 3.63) is 53.1 Å². The molecule has 3 aromatic carbocycles. The summed E-state index contributed by atoms with van der Waals surface area (Å²) in [5.74, 6) is -2.94. The molecule has 0 saturated carbocycles. The number of ether oxygens (including phenoxy) is 2. The van der Waals surface area contributed by atoms with Gasteiger partial charge in [-0.15, -0.1) is 0 Å². The number of hydrogen-bond acceptors (Lipinski definition) is 11. The Morgan fingerprint density at radius 1 is 0.800 bits per heavy atom. The third kappa shape index (κ3) is 6.30. The first-order valence-electron chi connectivity index (χ1n) is 10.1. The van der Waals surface area contributed by atoms with Gasteiger partial charge in [0.2, 0.25) is 5.75 Å². The van der Waals surface area contributed by atoms with Crippen molar-refractivity contribution >= 4 is 6.29 Å². The summed E-state index contributed by atoms with van der Waals surface area (Å²) in [7, 11) is 3.25. The molecule has 0 fully saturated rings. The van der Waals surface area contributed by atoms with Gasteiger partial charge in [0.1, 0.15) is 23.4 Å². The van der Waals surface area contributed by atoms with Crippen molar-refractivity contribution in [3.8, 4) is 51.7 Å². The van der Waals surface area contributed by atoms with Gasteiger partial charge >= 0.3 is 0 Å². The number of phenols is 8. The molecule has 0 spiro atoms. The molecule has 11 heteroatoms. The van der Waals surface area contributed by atoms with Crippen molar-refractivity contribution in [1.82, 2.24) is 0 Å². The lowest BCUT2D eigenvalue weighted by molar-refractivity contribution is 0.112. The van der Waals surface area contributed by atoms with Gasteiger partial charge in [0.05, 0.1) is 5.56 Å².